The van der Waals surface area contributed by atoms with E-state index in [1.807, 2.05) is 61.6 Å². The molecule has 0 aliphatic carbocycles. The van der Waals surface area contributed by atoms with Gasteiger partial charge in [0.2, 0.25) is 5.91 Å². The van der Waals surface area contributed by atoms with Crippen LogP contribution < -0.4 is 4.74 Å². The highest BCUT2D eigenvalue weighted by Crippen LogP contribution is 2.39. The smallest absolute Gasteiger partial charge is 0.253 e. The Morgan fingerprint density at radius 3 is 2.45 bits per heavy atom. The van der Waals surface area contributed by atoms with Gasteiger partial charge in [0.05, 0.1) is 13.0 Å². The minimum absolute atomic E-state index is 0.0103. The second-order valence-electron chi connectivity index (χ2n) is 8.36. The van der Waals surface area contributed by atoms with Crippen LogP contribution in [-0.4, -0.2) is 48.9 Å². The zero-order chi connectivity index (χ0) is 23.4. The molecule has 3 aromatic rings. The van der Waals surface area contributed by atoms with Crippen molar-refractivity contribution in [3.63, 3.8) is 0 Å². The number of amides is 2. The van der Waals surface area contributed by atoms with Crippen LogP contribution in [0, 0.1) is 5.92 Å². The van der Waals surface area contributed by atoms with Crippen LogP contribution in [0.25, 0.3) is 0 Å². The summed E-state index contributed by atoms with van der Waals surface area (Å²) in [5.41, 5.74) is 2.52. The Hall–Kier alpha value is -3.31. The van der Waals surface area contributed by atoms with Crippen molar-refractivity contribution in [3.05, 3.63) is 101 Å². The van der Waals surface area contributed by atoms with Crippen LogP contribution in [0.1, 0.15) is 27.4 Å². The van der Waals surface area contributed by atoms with Crippen molar-refractivity contribution in [2.24, 2.45) is 5.92 Å². The molecule has 0 radical (unpaired) electrons. The fourth-order valence-electron chi connectivity index (χ4n) is 4.53. The molecule has 1 saturated heterocycles. The van der Waals surface area contributed by atoms with Crippen molar-refractivity contribution < 1.29 is 14.3 Å². The van der Waals surface area contributed by atoms with E-state index in [9.17, 15) is 9.59 Å². The number of benzene rings is 3. The van der Waals surface area contributed by atoms with Crippen LogP contribution in [0.5, 0.6) is 5.75 Å². The summed E-state index contributed by atoms with van der Waals surface area (Å²) in [6, 6.07) is 24.5. The molecule has 0 bridgehead atoms. The first kappa shape index (κ1) is 22.9. The molecule has 1 fully saturated rings. The van der Waals surface area contributed by atoms with Crippen molar-refractivity contribution in [3.8, 4) is 5.75 Å². The number of nitrogens with zero attached hydrogens (tertiary/aromatic N) is 2. The van der Waals surface area contributed by atoms with E-state index in [4.69, 9.17) is 16.3 Å². The SMILES string of the molecule is COc1ccccc1[C@H]1CN(C(=O)c2cccc(Cl)c2)C[C@H]1C(=O)N(C)Cc1ccccc1. The summed E-state index contributed by atoms with van der Waals surface area (Å²) in [5.74, 6) is 0.0609. The maximum atomic E-state index is 13.6. The molecular weight excluding hydrogens is 436 g/mol. The van der Waals surface area contributed by atoms with Gasteiger partial charge in [-0.3, -0.25) is 9.59 Å². The molecule has 3 aromatic carbocycles. The fourth-order valence-corrected chi connectivity index (χ4v) is 4.72. The second kappa shape index (κ2) is 10.1. The Morgan fingerprint density at radius 1 is 1.00 bits per heavy atom. The number of hydrogen-bond donors (Lipinski definition) is 0. The van der Waals surface area contributed by atoms with Crippen LogP contribution in [0.3, 0.4) is 0 Å². The highest BCUT2D eigenvalue weighted by molar-refractivity contribution is 6.30. The van der Waals surface area contributed by atoms with E-state index in [2.05, 4.69) is 0 Å². The summed E-state index contributed by atoms with van der Waals surface area (Å²) in [6.07, 6.45) is 0. The number of carbonyl (C=O) groups excluding carboxylic acids is 2. The van der Waals surface area contributed by atoms with Gasteiger partial charge in [0.15, 0.2) is 0 Å². The molecule has 33 heavy (non-hydrogen) atoms. The number of halogens is 1. The molecule has 1 aliphatic rings. The quantitative estimate of drug-likeness (QED) is 0.525. The van der Waals surface area contributed by atoms with Crippen LogP contribution in [0.2, 0.25) is 5.02 Å². The van der Waals surface area contributed by atoms with Gasteiger partial charge in [0.25, 0.3) is 5.91 Å². The minimum atomic E-state index is -0.377. The first-order valence-electron chi connectivity index (χ1n) is 10.9. The third-order valence-corrected chi connectivity index (χ3v) is 6.41. The molecule has 0 aromatic heterocycles. The van der Waals surface area contributed by atoms with Crippen molar-refractivity contribution in [1.29, 1.82) is 0 Å². The number of likely N-dealkylation sites (tertiary alicyclic amines) is 1. The predicted molar refractivity (Wildman–Crippen MR) is 129 cm³/mol. The van der Waals surface area contributed by atoms with E-state index in [-0.39, 0.29) is 23.7 Å². The standard InChI is InChI=1S/C27H27ClN2O3/c1-29(16-19-9-4-3-5-10-19)27(32)24-18-30(26(31)20-11-8-12-21(28)15-20)17-23(24)22-13-6-7-14-25(22)33-2/h3-15,23-24H,16-18H2,1-2H3/t23-,24-/m1/s1. The molecule has 1 aliphatic heterocycles. The van der Waals surface area contributed by atoms with Gasteiger partial charge >= 0.3 is 0 Å². The Labute approximate surface area is 199 Å². The molecule has 2 amide bonds. The molecule has 170 valence electrons. The van der Waals surface area contributed by atoms with Crippen molar-refractivity contribution in [2.75, 3.05) is 27.2 Å². The van der Waals surface area contributed by atoms with E-state index in [0.29, 0.717) is 30.2 Å². The van der Waals surface area contributed by atoms with Gasteiger partial charge in [-0.25, -0.2) is 0 Å². The molecule has 2 atom stereocenters. The Bertz CT molecular complexity index is 1130. The average Bonchev–Trinajstić information content (AvgIpc) is 3.28. The lowest BCUT2D eigenvalue weighted by Gasteiger charge is -2.25. The van der Waals surface area contributed by atoms with Crippen LogP contribution in [0.4, 0.5) is 0 Å². The number of carbonyl (C=O) groups is 2. The van der Waals surface area contributed by atoms with Gasteiger partial charge in [-0.1, -0.05) is 66.2 Å². The monoisotopic (exact) mass is 462 g/mol. The zero-order valence-corrected chi connectivity index (χ0v) is 19.5. The van der Waals surface area contributed by atoms with E-state index in [1.165, 1.54) is 0 Å². The van der Waals surface area contributed by atoms with E-state index < -0.39 is 0 Å². The van der Waals surface area contributed by atoms with Crippen LogP contribution >= 0.6 is 11.6 Å². The molecule has 6 heteroatoms. The maximum absolute atomic E-state index is 13.6. The third kappa shape index (κ3) is 5.04. The highest BCUT2D eigenvalue weighted by atomic mass is 35.5. The molecule has 4 rings (SSSR count). The zero-order valence-electron chi connectivity index (χ0n) is 18.8. The van der Waals surface area contributed by atoms with Crippen molar-refractivity contribution in [1.82, 2.24) is 9.80 Å². The van der Waals surface area contributed by atoms with E-state index in [1.54, 1.807) is 41.2 Å². The maximum Gasteiger partial charge on any atom is 0.253 e. The summed E-state index contributed by atoms with van der Waals surface area (Å²) in [4.78, 5) is 30.4. The van der Waals surface area contributed by atoms with E-state index >= 15 is 0 Å². The van der Waals surface area contributed by atoms with Crippen molar-refractivity contribution >= 4 is 23.4 Å². The van der Waals surface area contributed by atoms with Gasteiger partial charge in [0, 0.05) is 43.2 Å². The molecule has 0 spiro atoms. The average molecular weight is 463 g/mol. The van der Waals surface area contributed by atoms with Gasteiger partial charge in [0.1, 0.15) is 5.75 Å². The van der Waals surface area contributed by atoms with Crippen LogP contribution in [0.15, 0.2) is 78.9 Å². The second-order valence-corrected chi connectivity index (χ2v) is 8.79. The first-order chi connectivity index (χ1) is 16.0. The number of rotatable bonds is 6. The fraction of sp³-hybridized carbons (Fsp3) is 0.259. The molecule has 0 unspecified atom stereocenters. The predicted octanol–water partition coefficient (Wildman–Crippen LogP) is 4.86. The Kier molecular flexibility index (Phi) is 6.99. The summed E-state index contributed by atoms with van der Waals surface area (Å²) < 4.78 is 5.59. The van der Waals surface area contributed by atoms with Gasteiger partial charge in [-0.05, 0) is 35.4 Å². The lowest BCUT2D eigenvalue weighted by atomic mass is 9.87. The number of para-hydroxylation sites is 1. The number of methoxy groups -OCH3 is 1. The topological polar surface area (TPSA) is 49.9 Å². The summed E-state index contributed by atoms with van der Waals surface area (Å²) >= 11 is 6.11. The first-order valence-corrected chi connectivity index (χ1v) is 11.3. The third-order valence-electron chi connectivity index (χ3n) is 6.17. The van der Waals surface area contributed by atoms with Crippen molar-refractivity contribution in [2.45, 2.75) is 12.5 Å². The lowest BCUT2D eigenvalue weighted by molar-refractivity contribution is -0.134. The summed E-state index contributed by atoms with van der Waals surface area (Å²) in [5, 5.41) is 0.511. The van der Waals surface area contributed by atoms with Crippen LogP contribution in [-0.2, 0) is 11.3 Å². The summed E-state index contributed by atoms with van der Waals surface area (Å²) in [7, 11) is 3.44. The molecule has 5 nitrogen and oxygen atoms in total. The van der Waals surface area contributed by atoms with Gasteiger partial charge in [-0.15, -0.1) is 0 Å². The molecule has 1 heterocycles. The number of hydrogen-bond acceptors (Lipinski definition) is 3. The minimum Gasteiger partial charge on any atom is -0.496 e. The Morgan fingerprint density at radius 2 is 1.73 bits per heavy atom. The normalized spacial score (nSPS) is 17.6. The molecule has 0 saturated carbocycles. The lowest BCUT2D eigenvalue weighted by Crippen LogP contribution is -2.36. The highest BCUT2D eigenvalue weighted by Gasteiger charge is 2.42. The van der Waals surface area contributed by atoms with Gasteiger partial charge < -0.3 is 14.5 Å². The van der Waals surface area contributed by atoms with Gasteiger partial charge in [-0.2, -0.15) is 0 Å². The number of ether oxygens (including phenoxy) is 1. The largest absolute Gasteiger partial charge is 0.496 e. The van der Waals surface area contributed by atoms with E-state index in [0.717, 1.165) is 16.9 Å². The molecular formula is C27H27ClN2O3. The Balaban J connectivity index is 1.63. The molecule has 0 N–H and O–H groups in total. The summed E-state index contributed by atoms with van der Waals surface area (Å²) in [6.45, 7) is 1.28.